The Hall–Kier alpha value is -3.46. The number of carbonyl (C=O) groups is 4. The highest BCUT2D eigenvalue weighted by molar-refractivity contribution is 5.97. The molecule has 0 fully saturated rings. The van der Waals surface area contributed by atoms with Gasteiger partial charge in [0.15, 0.2) is 0 Å². The highest BCUT2D eigenvalue weighted by atomic mass is 16.5. The van der Waals surface area contributed by atoms with Crippen molar-refractivity contribution in [1.82, 2.24) is 20.9 Å². The molecule has 9 nitrogen and oxygen atoms in total. The van der Waals surface area contributed by atoms with Gasteiger partial charge in [-0.15, -0.1) is 0 Å². The van der Waals surface area contributed by atoms with Crippen molar-refractivity contribution in [3.05, 3.63) is 54.1 Å². The quantitative estimate of drug-likeness (QED) is 0.0262. The molecule has 342 valence electrons. The molecule has 0 radical (unpaired) electrons. The summed E-state index contributed by atoms with van der Waals surface area (Å²) in [7, 11) is 0. The SMILES string of the molecule is CCCCCCCCC=CCCCCCCCC(=O)NCCN(CCNC(=O)CCCCCCCC=CCCCCCCCC)CCNC(=O)c1ccccc1OC(C)=O. The molecule has 0 spiro atoms. The molecule has 1 aromatic carbocycles. The summed E-state index contributed by atoms with van der Waals surface area (Å²) in [6.45, 7) is 8.92. The zero-order valence-electron chi connectivity index (χ0n) is 38.6. The number of amides is 3. The summed E-state index contributed by atoms with van der Waals surface area (Å²) in [4.78, 5) is 51.9. The molecular formula is C51H88N4O5. The third kappa shape index (κ3) is 34.3. The van der Waals surface area contributed by atoms with Crippen LogP contribution in [0.4, 0.5) is 0 Å². The third-order valence-corrected chi connectivity index (χ3v) is 10.9. The number of allylic oxidation sites excluding steroid dienone is 4. The van der Waals surface area contributed by atoms with Gasteiger partial charge in [0.1, 0.15) is 5.75 Å². The molecule has 0 saturated heterocycles. The highest BCUT2D eigenvalue weighted by Crippen LogP contribution is 2.18. The Balaban J connectivity index is 2.34. The van der Waals surface area contributed by atoms with Crippen molar-refractivity contribution in [2.45, 2.75) is 201 Å². The Kier molecular flexibility index (Phi) is 37.2. The second kappa shape index (κ2) is 40.9. The van der Waals surface area contributed by atoms with Gasteiger partial charge in [-0.1, -0.05) is 153 Å². The minimum absolute atomic E-state index is 0.0659. The Labute approximate surface area is 367 Å². The van der Waals surface area contributed by atoms with E-state index in [1.807, 2.05) is 0 Å². The molecule has 9 heteroatoms. The lowest BCUT2D eigenvalue weighted by atomic mass is 10.1. The maximum Gasteiger partial charge on any atom is 0.308 e. The van der Waals surface area contributed by atoms with Gasteiger partial charge < -0.3 is 20.7 Å². The van der Waals surface area contributed by atoms with Crippen LogP contribution in [0.25, 0.3) is 0 Å². The number of benzene rings is 1. The van der Waals surface area contributed by atoms with E-state index in [2.05, 4.69) is 59.0 Å². The average molecular weight is 837 g/mol. The number of para-hydroxylation sites is 1. The zero-order valence-corrected chi connectivity index (χ0v) is 38.6. The van der Waals surface area contributed by atoms with Gasteiger partial charge in [-0.3, -0.25) is 24.1 Å². The Morgan fingerprint density at radius 3 is 1.28 bits per heavy atom. The molecule has 0 atom stereocenters. The predicted octanol–water partition coefficient (Wildman–Crippen LogP) is 12.0. The van der Waals surface area contributed by atoms with Gasteiger partial charge in [0.05, 0.1) is 5.56 Å². The summed E-state index contributed by atoms with van der Waals surface area (Å²) in [6, 6.07) is 6.67. The smallest absolute Gasteiger partial charge is 0.308 e. The van der Waals surface area contributed by atoms with E-state index in [1.54, 1.807) is 24.3 Å². The first-order chi connectivity index (χ1) is 29.4. The van der Waals surface area contributed by atoms with Gasteiger partial charge >= 0.3 is 5.97 Å². The fraction of sp³-hybridized carbons (Fsp3) is 0.725. The van der Waals surface area contributed by atoms with E-state index in [0.29, 0.717) is 57.7 Å². The van der Waals surface area contributed by atoms with E-state index >= 15 is 0 Å². The number of ether oxygens (including phenoxy) is 1. The van der Waals surface area contributed by atoms with E-state index in [9.17, 15) is 19.2 Å². The van der Waals surface area contributed by atoms with Crippen LogP contribution >= 0.6 is 0 Å². The van der Waals surface area contributed by atoms with Crippen molar-refractivity contribution in [3.8, 4) is 5.75 Å². The van der Waals surface area contributed by atoms with Crippen LogP contribution in [-0.4, -0.2) is 67.9 Å². The summed E-state index contributed by atoms with van der Waals surface area (Å²) >= 11 is 0. The minimum atomic E-state index is -0.486. The van der Waals surface area contributed by atoms with Crippen LogP contribution in [0.1, 0.15) is 211 Å². The van der Waals surface area contributed by atoms with E-state index in [1.165, 1.54) is 122 Å². The normalized spacial score (nSPS) is 11.5. The van der Waals surface area contributed by atoms with Crippen molar-refractivity contribution >= 4 is 23.7 Å². The molecule has 1 aromatic rings. The molecule has 3 amide bonds. The first-order valence-corrected chi connectivity index (χ1v) is 24.5. The fourth-order valence-corrected chi connectivity index (χ4v) is 7.25. The van der Waals surface area contributed by atoms with Crippen LogP contribution in [0.5, 0.6) is 5.75 Å². The zero-order chi connectivity index (χ0) is 43.6. The van der Waals surface area contributed by atoms with Crippen LogP contribution < -0.4 is 20.7 Å². The summed E-state index contributed by atoms with van der Waals surface area (Å²) in [5.41, 5.74) is 0.296. The van der Waals surface area contributed by atoms with Gasteiger partial charge in [0, 0.05) is 59.0 Å². The van der Waals surface area contributed by atoms with Gasteiger partial charge in [-0.05, 0) is 76.3 Å². The molecule has 0 aliphatic carbocycles. The number of hydrogen-bond acceptors (Lipinski definition) is 6. The Bertz CT molecular complexity index is 1220. The number of rotatable bonds is 41. The number of carbonyl (C=O) groups excluding carboxylic acids is 4. The van der Waals surface area contributed by atoms with E-state index < -0.39 is 5.97 Å². The summed E-state index contributed by atoms with van der Waals surface area (Å²) in [5.74, 6) is -0.456. The van der Waals surface area contributed by atoms with Gasteiger partial charge in [0.25, 0.3) is 5.91 Å². The lowest BCUT2D eigenvalue weighted by Gasteiger charge is -2.23. The van der Waals surface area contributed by atoms with Crippen molar-refractivity contribution in [1.29, 1.82) is 0 Å². The number of hydrogen-bond donors (Lipinski definition) is 3. The first kappa shape index (κ1) is 54.6. The molecule has 0 bridgehead atoms. The van der Waals surface area contributed by atoms with Crippen LogP contribution in [0, 0.1) is 0 Å². The lowest BCUT2D eigenvalue weighted by Crippen LogP contribution is -2.43. The highest BCUT2D eigenvalue weighted by Gasteiger charge is 2.14. The largest absolute Gasteiger partial charge is 0.426 e. The fourth-order valence-electron chi connectivity index (χ4n) is 7.25. The van der Waals surface area contributed by atoms with Crippen LogP contribution in [0.2, 0.25) is 0 Å². The monoisotopic (exact) mass is 837 g/mol. The molecule has 60 heavy (non-hydrogen) atoms. The summed E-state index contributed by atoms with van der Waals surface area (Å²) < 4.78 is 5.21. The van der Waals surface area contributed by atoms with E-state index in [-0.39, 0.29) is 23.5 Å². The Morgan fingerprint density at radius 1 is 0.500 bits per heavy atom. The molecule has 1 rings (SSSR count). The molecule has 0 saturated carbocycles. The third-order valence-electron chi connectivity index (χ3n) is 10.9. The van der Waals surface area contributed by atoms with Crippen molar-refractivity contribution in [2.24, 2.45) is 0 Å². The lowest BCUT2D eigenvalue weighted by molar-refractivity contribution is -0.132. The number of esters is 1. The first-order valence-electron chi connectivity index (χ1n) is 24.5. The second-order valence-corrected chi connectivity index (χ2v) is 16.6. The standard InChI is InChI=1S/C51H88N4O5/c1-4-6-8-10-12-14-16-18-20-22-24-26-28-30-32-38-49(57)52-40-43-55(45-42-54-51(59)47-36-34-35-37-48(47)60-46(3)56)44-41-53-50(58)39-33-31-29-27-25-23-21-19-17-15-13-11-9-7-5-2/h18-21,34-37H,4-17,22-33,38-45H2,1-3H3,(H,52,57)(H,53,58)(H,54,59). The predicted molar refractivity (Wildman–Crippen MR) is 251 cm³/mol. The average Bonchev–Trinajstić information content (AvgIpc) is 3.23. The molecule has 0 aliphatic rings. The number of nitrogens with zero attached hydrogens (tertiary/aromatic N) is 1. The van der Waals surface area contributed by atoms with Gasteiger partial charge in [-0.2, -0.15) is 0 Å². The summed E-state index contributed by atoms with van der Waals surface area (Å²) in [5, 5.41) is 9.06. The maximum atomic E-state index is 13.0. The van der Waals surface area contributed by atoms with Crippen molar-refractivity contribution in [2.75, 3.05) is 39.3 Å². The number of nitrogens with one attached hydrogen (secondary N) is 3. The molecule has 0 aliphatic heterocycles. The molecule has 0 unspecified atom stereocenters. The van der Waals surface area contributed by atoms with Crippen LogP contribution in [-0.2, 0) is 14.4 Å². The van der Waals surface area contributed by atoms with E-state index in [0.717, 1.165) is 51.4 Å². The Morgan fingerprint density at radius 2 is 0.867 bits per heavy atom. The molecule has 0 aromatic heterocycles. The molecular weight excluding hydrogens is 749 g/mol. The van der Waals surface area contributed by atoms with Crippen molar-refractivity contribution in [3.63, 3.8) is 0 Å². The van der Waals surface area contributed by atoms with Crippen molar-refractivity contribution < 1.29 is 23.9 Å². The molecule has 3 N–H and O–H groups in total. The van der Waals surface area contributed by atoms with Gasteiger partial charge in [0.2, 0.25) is 11.8 Å². The minimum Gasteiger partial charge on any atom is -0.426 e. The van der Waals surface area contributed by atoms with Crippen LogP contribution in [0.3, 0.4) is 0 Å². The topological polar surface area (TPSA) is 117 Å². The van der Waals surface area contributed by atoms with E-state index in [4.69, 9.17) is 4.74 Å². The summed E-state index contributed by atoms with van der Waals surface area (Å²) in [6.07, 6.45) is 42.4. The van der Waals surface area contributed by atoms with Gasteiger partial charge in [-0.25, -0.2) is 0 Å². The second-order valence-electron chi connectivity index (χ2n) is 16.6. The van der Waals surface area contributed by atoms with Crippen LogP contribution in [0.15, 0.2) is 48.6 Å². The maximum absolute atomic E-state index is 13.0. The number of unbranched alkanes of at least 4 members (excludes halogenated alkanes) is 22. The molecule has 0 heterocycles.